The van der Waals surface area contributed by atoms with Crippen LogP contribution < -0.4 is 4.74 Å². The lowest BCUT2D eigenvalue weighted by molar-refractivity contribution is -0.370. The molecule has 0 spiro atoms. The largest absolute Gasteiger partial charge is 0.525 e. The summed E-state index contributed by atoms with van der Waals surface area (Å²) in [5.74, 6) is 0.194. The highest BCUT2D eigenvalue weighted by atomic mass is 19.4. The van der Waals surface area contributed by atoms with Crippen LogP contribution in [0.1, 0.15) is 22.2 Å². The molecule has 0 aliphatic heterocycles. The van der Waals surface area contributed by atoms with E-state index in [0.717, 1.165) is 0 Å². The van der Waals surface area contributed by atoms with Gasteiger partial charge in [-0.2, -0.15) is 0 Å². The monoisotopic (exact) mass is 346 g/mol. The molecule has 3 nitrogen and oxygen atoms in total. The summed E-state index contributed by atoms with van der Waals surface area (Å²) in [5, 5.41) is 1.12. The van der Waals surface area contributed by atoms with Gasteiger partial charge in [-0.25, -0.2) is 4.74 Å². The number of ether oxygens (including phenoxy) is 2. The Morgan fingerprint density at radius 3 is 2.12 bits per heavy atom. The van der Waals surface area contributed by atoms with Crippen molar-refractivity contribution < 1.29 is 27.4 Å². The Morgan fingerprint density at radius 1 is 0.840 bits per heavy atom. The van der Waals surface area contributed by atoms with Crippen molar-refractivity contribution in [1.82, 2.24) is 0 Å². The molecule has 3 aromatic carbocycles. The Bertz CT molecular complexity index is 876. The molecule has 1 unspecified atom stereocenters. The summed E-state index contributed by atoms with van der Waals surface area (Å²) < 4.78 is 48.0. The van der Waals surface area contributed by atoms with Gasteiger partial charge in [-0.3, -0.25) is 4.79 Å². The van der Waals surface area contributed by atoms with Crippen molar-refractivity contribution >= 4 is 17.1 Å². The van der Waals surface area contributed by atoms with E-state index in [0.29, 0.717) is 22.6 Å². The molecule has 0 amide bonds. The fourth-order valence-corrected chi connectivity index (χ4v) is 2.51. The van der Waals surface area contributed by atoms with E-state index in [1.54, 1.807) is 42.5 Å². The Balaban J connectivity index is 2.03. The van der Waals surface area contributed by atoms with E-state index in [2.05, 4.69) is 4.74 Å². The molecule has 0 N–H and O–H groups in total. The van der Waals surface area contributed by atoms with E-state index in [1.807, 2.05) is 0 Å². The molecule has 0 aliphatic rings. The van der Waals surface area contributed by atoms with Crippen LogP contribution in [-0.2, 0) is 4.74 Å². The highest BCUT2D eigenvalue weighted by molar-refractivity contribution is 6.00. The van der Waals surface area contributed by atoms with Crippen LogP contribution >= 0.6 is 0 Å². The fourth-order valence-electron chi connectivity index (χ4n) is 2.51. The van der Waals surface area contributed by atoms with Gasteiger partial charge in [-0.15, -0.1) is 13.2 Å². The molecule has 0 radical (unpaired) electrons. The number of halogens is 3. The Labute approximate surface area is 141 Å². The van der Waals surface area contributed by atoms with Crippen LogP contribution in [0.15, 0.2) is 66.7 Å². The van der Waals surface area contributed by atoms with Crippen molar-refractivity contribution in [3.63, 3.8) is 0 Å². The lowest BCUT2D eigenvalue weighted by Gasteiger charge is -2.22. The topological polar surface area (TPSA) is 35.5 Å². The summed E-state index contributed by atoms with van der Waals surface area (Å²) in [7, 11) is 0. The number of hydrogen-bond donors (Lipinski definition) is 0. The van der Waals surface area contributed by atoms with Gasteiger partial charge in [0.15, 0.2) is 6.29 Å². The van der Waals surface area contributed by atoms with E-state index in [9.17, 15) is 18.0 Å². The van der Waals surface area contributed by atoms with Gasteiger partial charge >= 0.3 is 6.36 Å². The zero-order chi connectivity index (χ0) is 17.9. The number of alkyl halides is 3. The lowest BCUT2D eigenvalue weighted by Crippen LogP contribution is -2.22. The normalized spacial score (nSPS) is 12.8. The summed E-state index contributed by atoms with van der Waals surface area (Å²) in [4.78, 5) is 11.1. The van der Waals surface area contributed by atoms with E-state index < -0.39 is 12.7 Å². The number of carbonyl (C=O) groups is 1. The molecule has 1 atom stereocenters. The van der Waals surface area contributed by atoms with Crippen LogP contribution in [0.5, 0.6) is 5.75 Å². The first-order valence-corrected chi connectivity index (χ1v) is 7.41. The molecule has 0 heterocycles. The SMILES string of the molecule is O=Cc1ccc(OC(OC(F)(F)F)c2ccccc2)c2ccccc12. The fraction of sp³-hybridized carbons (Fsp3) is 0.105. The summed E-state index contributed by atoms with van der Waals surface area (Å²) in [6.45, 7) is 0. The minimum atomic E-state index is -4.86. The van der Waals surface area contributed by atoms with Crippen LogP contribution in [-0.4, -0.2) is 12.6 Å². The second-order valence-corrected chi connectivity index (χ2v) is 5.24. The number of carbonyl (C=O) groups excluding carboxylic acids is 1. The Morgan fingerprint density at radius 2 is 1.48 bits per heavy atom. The van der Waals surface area contributed by atoms with E-state index in [4.69, 9.17) is 4.74 Å². The molecule has 0 bridgehead atoms. The van der Waals surface area contributed by atoms with E-state index >= 15 is 0 Å². The third kappa shape index (κ3) is 3.97. The van der Waals surface area contributed by atoms with Gasteiger partial charge in [-0.05, 0) is 17.5 Å². The van der Waals surface area contributed by atoms with E-state index in [-0.39, 0.29) is 11.3 Å². The van der Waals surface area contributed by atoms with Crippen molar-refractivity contribution in [2.75, 3.05) is 0 Å². The average molecular weight is 346 g/mol. The standard InChI is InChI=1S/C19H13F3O3/c20-19(21,22)25-18(13-6-2-1-3-7-13)24-17-11-10-14(12-23)15-8-4-5-9-16(15)17/h1-12,18H. The van der Waals surface area contributed by atoms with Crippen LogP contribution in [0.25, 0.3) is 10.8 Å². The minimum Gasteiger partial charge on any atom is -0.460 e. The second kappa shape index (κ2) is 6.94. The van der Waals surface area contributed by atoms with Crippen LogP contribution in [0.4, 0.5) is 13.2 Å². The maximum absolute atomic E-state index is 12.8. The van der Waals surface area contributed by atoms with Crippen LogP contribution in [0.3, 0.4) is 0 Å². The Kier molecular flexibility index (Phi) is 4.72. The maximum Gasteiger partial charge on any atom is 0.525 e. The van der Waals surface area contributed by atoms with Gasteiger partial charge < -0.3 is 4.74 Å². The first kappa shape index (κ1) is 17.0. The van der Waals surface area contributed by atoms with Crippen LogP contribution in [0.2, 0.25) is 0 Å². The molecule has 0 saturated carbocycles. The summed E-state index contributed by atoms with van der Waals surface area (Å²) in [6.07, 6.45) is -5.84. The Hall–Kier alpha value is -2.86. The number of hydrogen-bond acceptors (Lipinski definition) is 3. The average Bonchev–Trinajstić information content (AvgIpc) is 2.61. The maximum atomic E-state index is 12.8. The zero-order valence-corrected chi connectivity index (χ0v) is 12.9. The number of rotatable bonds is 5. The number of benzene rings is 3. The second-order valence-electron chi connectivity index (χ2n) is 5.24. The molecular weight excluding hydrogens is 333 g/mol. The highest BCUT2D eigenvalue weighted by Crippen LogP contribution is 2.34. The van der Waals surface area contributed by atoms with Gasteiger partial charge in [0, 0.05) is 16.5 Å². The van der Waals surface area contributed by atoms with Gasteiger partial charge in [0.2, 0.25) is 6.29 Å². The molecule has 0 aromatic heterocycles. The van der Waals surface area contributed by atoms with Crippen LogP contribution in [0, 0.1) is 0 Å². The van der Waals surface area contributed by atoms with Gasteiger partial charge in [0.25, 0.3) is 0 Å². The molecular formula is C19H13F3O3. The number of aldehydes is 1. The third-order valence-corrected chi connectivity index (χ3v) is 3.59. The van der Waals surface area contributed by atoms with Gasteiger partial charge in [-0.1, -0.05) is 54.6 Å². The first-order chi connectivity index (χ1) is 12.0. The van der Waals surface area contributed by atoms with Crippen molar-refractivity contribution in [3.05, 3.63) is 77.9 Å². The molecule has 0 saturated heterocycles. The molecule has 0 fully saturated rings. The molecule has 128 valence electrons. The predicted octanol–water partition coefficient (Wildman–Crippen LogP) is 5.27. The lowest BCUT2D eigenvalue weighted by atomic mass is 10.0. The quantitative estimate of drug-likeness (QED) is 0.467. The zero-order valence-electron chi connectivity index (χ0n) is 12.9. The summed E-state index contributed by atoms with van der Waals surface area (Å²) in [5.41, 5.74) is 0.652. The van der Waals surface area contributed by atoms with Crippen molar-refractivity contribution in [2.45, 2.75) is 12.7 Å². The third-order valence-electron chi connectivity index (χ3n) is 3.59. The molecule has 25 heavy (non-hydrogen) atoms. The minimum absolute atomic E-state index is 0.194. The smallest absolute Gasteiger partial charge is 0.460 e. The first-order valence-electron chi connectivity index (χ1n) is 7.41. The summed E-state index contributed by atoms with van der Waals surface area (Å²) >= 11 is 0. The van der Waals surface area contributed by atoms with Crippen molar-refractivity contribution in [2.24, 2.45) is 0 Å². The van der Waals surface area contributed by atoms with E-state index in [1.165, 1.54) is 24.3 Å². The molecule has 3 rings (SSSR count). The predicted molar refractivity (Wildman–Crippen MR) is 86.3 cm³/mol. The highest BCUT2D eigenvalue weighted by Gasteiger charge is 2.35. The van der Waals surface area contributed by atoms with Crippen molar-refractivity contribution in [1.29, 1.82) is 0 Å². The number of fused-ring (bicyclic) bond motifs is 1. The molecule has 6 heteroatoms. The molecule has 0 aliphatic carbocycles. The van der Waals surface area contributed by atoms with Gasteiger partial charge in [0.1, 0.15) is 5.75 Å². The summed E-state index contributed by atoms with van der Waals surface area (Å²) in [6, 6.07) is 17.6. The molecule has 3 aromatic rings. The van der Waals surface area contributed by atoms with Gasteiger partial charge in [0.05, 0.1) is 0 Å². The van der Waals surface area contributed by atoms with Crippen molar-refractivity contribution in [3.8, 4) is 5.75 Å².